The molecule has 0 bridgehead atoms. The maximum atomic E-state index is 11.9. The van der Waals surface area contributed by atoms with Gasteiger partial charge in [0, 0.05) is 20.3 Å². The van der Waals surface area contributed by atoms with Crippen molar-refractivity contribution in [3.8, 4) is 0 Å². The van der Waals surface area contributed by atoms with Gasteiger partial charge in [0.1, 0.15) is 10.3 Å². The van der Waals surface area contributed by atoms with Crippen molar-refractivity contribution in [3.63, 3.8) is 0 Å². The fraction of sp³-hybridized carbons (Fsp3) is 0.222. The van der Waals surface area contributed by atoms with Gasteiger partial charge in [0.15, 0.2) is 0 Å². The Bertz CT molecular complexity index is 514. The van der Waals surface area contributed by atoms with Crippen LogP contribution in [0.5, 0.6) is 0 Å². The zero-order chi connectivity index (χ0) is 11.0. The Morgan fingerprint density at radius 2 is 2.20 bits per heavy atom. The molecule has 0 aromatic carbocycles. The SMILES string of the molecule is Cn1ccc(C(=O)c2cnn(C)c2Br)n1. The van der Waals surface area contributed by atoms with Crippen LogP contribution in [0, 0.1) is 0 Å². The first-order valence-corrected chi connectivity index (χ1v) is 5.10. The molecule has 2 rings (SSSR count). The summed E-state index contributed by atoms with van der Waals surface area (Å²) in [5.74, 6) is -0.129. The van der Waals surface area contributed by atoms with Crippen molar-refractivity contribution in [3.05, 3.63) is 34.3 Å². The molecule has 0 amide bonds. The van der Waals surface area contributed by atoms with Crippen LogP contribution in [-0.4, -0.2) is 25.3 Å². The van der Waals surface area contributed by atoms with E-state index in [0.29, 0.717) is 15.9 Å². The summed E-state index contributed by atoms with van der Waals surface area (Å²) in [5, 5.41) is 8.03. The summed E-state index contributed by atoms with van der Waals surface area (Å²) in [7, 11) is 3.54. The fourth-order valence-corrected chi connectivity index (χ4v) is 1.62. The van der Waals surface area contributed by atoms with Crippen molar-refractivity contribution >= 4 is 21.7 Å². The summed E-state index contributed by atoms with van der Waals surface area (Å²) in [4.78, 5) is 11.9. The van der Waals surface area contributed by atoms with Gasteiger partial charge in [-0.2, -0.15) is 10.2 Å². The van der Waals surface area contributed by atoms with Crippen LogP contribution in [0.25, 0.3) is 0 Å². The number of rotatable bonds is 2. The van der Waals surface area contributed by atoms with E-state index in [4.69, 9.17) is 0 Å². The minimum Gasteiger partial charge on any atom is -0.287 e. The normalized spacial score (nSPS) is 10.6. The zero-order valence-electron chi connectivity index (χ0n) is 8.31. The molecule has 0 aliphatic rings. The Morgan fingerprint density at radius 1 is 1.47 bits per heavy atom. The number of halogens is 1. The second-order valence-corrected chi connectivity index (χ2v) is 3.93. The predicted molar refractivity (Wildman–Crippen MR) is 57.5 cm³/mol. The minimum atomic E-state index is -0.129. The van der Waals surface area contributed by atoms with Crippen molar-refractivity contribution in [2.75, 3.05) is 0 Å². The zero-order valence-corrected chi connectivity index (χ0v) is 9.89. The third kappa shape index (κ3) is 1.72. The Morgan fingerprint density at radius 3 is 2.67 bits per heavy atom. The molecule has 6 heteroatoms. The van der Waals surface area contributed by atoms with E-state index in [2.05, 4.69) is 26.1 Å². The Labute approximate surface area is 94.8 Å². The van der Waals surface area contributed by atoms with Crippen molar-refractivity contribution < 1.29 is 4.79 Å². The standard InChI is InChI=1S/C9H9BrN4O/c1-13-4-3-7(12-13)8(15)6-5-11-14(2)9(6)10/h3-5H,1-2H3. The lowest BCUT2D eigenvalue weighted by Crippen LogP contribution is -2.03. The van der Waals surface area contributed by atoms with E-state index >= 15 is 0 Å². The van der Waals surface area contributed by atoms with Gasteiger partial charge in [0.05, 0.1) is 11.8 Å². The minimum absolute atomic E-state index is 0.129. The third-order valence-electron chi connectivity index (χ3n) is 2.06. The van der Waals surface area contributed by atoms with Crippen molar-refractivity contribution in [1.29, 1.82) is 0 Å². The molecule has 0 aliphatic carbocycles. The monoisotopic (exact) mass is 268 g/mol. The number of aromatic nitrogens is 4. The maximum absolute atomic E-state index is 11.9. The molecule has 2 aromatic heterocycles. The number of hydrogen-bond donors (Lipinski definition) is 0. The average molecular weight is 269 g/mol. The smallest absolute Gasteiger partial charge is 0.217 e. The molecule has 78 valence electrons. The lowest BCUT2D eigenvalue weighted by atomic mass is 10.2. The number of hydrogen-bond acceptors (Lipinski definition) is 3. The Hall–Kier alpha value is -1.43. The van der Waals surface area contributed by atoms with E-state index < -0.39 is 0 Å². The molecular formula is C9H9BrN4O. The lowest BCUT2D eigenvalue weighted by molar-refractivity contribution is 0.103. The fourth-order valence-electron chi connectivity index (χ4n) is 1.25. The third-order valence-corrected chi connectivity index (χ3v) is 3.00. The summed E-state index contributed by atoms with van der Waals surface area (Å²) in [5.41, 5.74) is 0.947. The Balaban J connectivity index is 2.41. The highest BCUT2D eigenvalue weighted by Gasteiger charge is 2.17. The molecule has 0 atom stereocenters. The van der Waals surface area contributed by atoms with Crippen molar-refractivity contribution in [2.24, 2.45) is 14.1 Å². The van der Waals surface area contributed by atoms with E-state index in [1.807, 2.05) is 0 Å². The Kier molecular flexibility index (Phi) is 2.44. The summed E-state index contributed by atoms with van der Waals surface area (Å²) in [6, 6.07) is 1.68. The second kappa shape index (κ2) is 3.62. The van der Waals surface area contributed by atoms with Crippen LogP contribution in [0.3, 0.4) is 0 Å². The van der Waals surface area contributed by atoms with Gasteiger partial charge in [0.25, 0.3) is 0 Å². The summed E-state index contributed by atoms with van der Waals surface area (Å²) in [6.07, 6.45) is 3.26. The molecule has 0 N–H and O–H groups in total. The molecule has 2 aromatic rings. The van der Waals surface area contributed by atoms with Crippen LogP contribution in [-0.2, 0) is 14.1 Å². The van der Waals surface area contributed by atoms with Crippen LogP contribution in [0.4, 0.5) is 0 Å². The van der Waals surface area contributed by atoms with E-state index in [1.54, 1.807) is 35.7 Å². The molecule has 0 aliphatic heterocycles. The molecular weight excluding hydrogens is 260 g/mol. The molecule has 0 spiro atoms. The van der Waals surface area contributed by atoms with E-state index in [-0.39, 0.29) is 5.78 Å². The maximum Gasteiger partial charge on any atom is 0.217 e. The quantitative estimate of drug-likeness (QED) is 0.768. The summed E-state index contributed by atoms with van der Waals surface area (Å²) >= 11 is 3.30. The summed E-state index contributed by atoms with van der Waals surface area (Å²) in [6.45, 7) is 0. The van der Waals surface area contributed by atoms with Crippen LogP contribution >= 0.6 is 15.9 Å². The van der Waals surface area contributed by atoms with E-state index in [9.17, 15) is 4.79 Å². The number of carbonyl (C=O) groups is 1. The molecule has 0 fully saturated rings. The van der Waals surface area contributed by atoms with Gasteiger partial charge >= 0.3 is 0 Å². The number of carbonyl (C=O) groups excluding carboxylic acids is 1. The highest BCUT2D eigenvalue weighted by Crippen LogP contribution is 2.17. The van der Waals surface area contributed by atoms with Crippen molar-refractivity contribution in [2.45, 2.75) is 0 Å². The van der Waals surface area contributed by atoms with Gasteiger partial charge in [-0.1, -0.05) is 0 Å². The number of ketones is 1. The van der Waals surface area contributed by atoms with Crippen LogP contribution in [0.1, 0.15) is 16.1 Å². The van der Waals surface area contributed by atoms with Gasteiger partial charge in [0.2, 0.25) is 5.78 Å². The van der Waals surface area contributed by atoms with Crippen LogP contribution < -0.4 is 0 Å². The average Bonchev–Trinajstić information content (AvgIpc) is 2.75. The second-order valence-electron chi connectivity index (χ2n) is 3.18. The van der Waals surface area contributed by atoms with Gasteiger partial charge in [-0.3, -0.25) is 14.2 Å². The van der Waals surface area contributed by atoms with Crippen LogP contribution in [0.15, 0.2) is 23.1 Å². The number of aryl methyl sites for hydroxylation is 2. The van der Waals surface area contributed by atoms with Gasteiger partial charge in [-0.25, -0.2) is 0 Å². The first-order valence-electron chi connectivity index (χ1n) is 4.31. The molecule has 2 heterocycles. The molecule has 5 nitrogen and oxygen atoms in total. The largest absolute Gasteiger partial charge is 0.287 e. The topological polar surface area (TPSA) is 52.7 Å². The molecule has 0 saturated carbocycles. The molecule has 0 saturated heterocycles. The van der Waals surface area contributed by atoms with Gasteiger partial charge in [-0.15, -0.1) is 0 Å². The first-order chi connectivity index (χ1) is 7.09. The molecule has 0 unspecified atom stereocenters. The van der Waals surface area contributed by atoms with E-state index in [0.717, 1.165) is 0 Å². The highest BCUT2D eigenvalue weighted by molar-refractivity contribution is 9.10. The van der Waals surface area contributed by atoms with Gasteiger partial charge in [-0.05, 0) is 22.0 Å². The van der Waals surface area contributed by atoms with Gasteiger partial charge < -0.3 is 0 Å². The first kappa shape index (κ1) is 10.1. The highest BCUT2D eigenvalue weighted by atomic mass is 79.9. The molecule has 0 radical (unpaired) electrons. The van der Waals surface area contributed by atoms with E-state index in [1.165, 1.54) is 6.20 Å². The summed E-state index contributed by atoms with van der Waals surface area (Å²) < 4.78 is 3.85. The molecule has 15 heavy (non-hydrogen) atoms. The predicted octanol–water partition coefficient (Wildman–Crippen LogP) is 1.15. The van der Waals surface area contributed by atoms with Crippen LogP contribution in [0.2, 0.25) is 0 Å². The number of nitrogens with zero attached hydrogens (tertiary/aromatic N) is 4. The lowest BCUT2D eigenvalue weighted by Gasteiger charge is -1.95. The van der Waals surface area contributed by atoms with Crippen molar-refractivity contribution in [1.82, 2.24) is 19.6 Å².